The number of rotatable bonds is 14. The van der Waals surface area contributed by atoms with Crippen LogP contribution in [-0.4, -0.2) is 0 Å². The van der Waals surface area contributed by atoms with E-state index in [9.17, 15) is 0 Å². The first-order chi connectivity index (χ1) is 16.2. The van der Waals surface area contributed by atoms with Crippen LogP contribution in [0.15, 0.2) is 72.8 Å². The van der Waals surface area contributed by atoms with Gasteiger partial charge < -0.3 is 4.74 Å². The Morgan fingerprint density at radius 3 is 1.76 bits per heavy atom. The fraction of sp³-hybridized carbons (Fsp3) is 0.438. The van der Waals surface area contributed by atoms with Crippen molar-refractivity contribution in [1.82, 2.24) is 0 Å². The molecule has 0 spiro atoms. The Morgan fingerprint density at radius 1 is 0.606 bits per heavy atom. The molecule has 3 aromatic carbocycles. The first-order valence-corrected chi connectivity index (χ1v) is 13.1. The van der Waals surface area contributed by atoms with Gasteiger partial charge in [-0.1, -0.05) is 120 Å². The second kappa shape index (κ2) is 13.9. The van der Waals surface area contributed by atoms with E-state index in [-0.39, 0.29) is 0 Å². The van der Waals surface area contributed by atoms with E-state index in [2.05, 4.69) is 93.6 Å². The van der Waals surface area contributed by atoms with Crippen LogP contribution in [0.1, 0.15) is 82.4 Å². The molecule has 1 atom stereocenters. The smallest absolute Gasteiger partial charge is 0.119 e. The molecular weight excluding hydrogens is 400 g/mol. The summed E-state index contributed by atoms with van der Waals surface area (Å²) in [5.41, 5.74) is 6.57. The predicted octanol–water partition coefficient (Wildman–Crippen LogP) is 9.42. The summed E-state index contributed by atoms with van der Waals surface area (Å²) in [6.45, 7) is 7.45. The highest BCUT2D eigenvalue weighted by atomic mass is 16.5. The molecular formula is C32H42O. The van der Waals surface area contributed by atoms with E-state index >= 15 is 0 Å². The summed E-state index contributed by atoms with van der Waals surface area (Å²) in [4.78, 5) is 0. The van der Waals surface area contributed by atoms with Crippen LogP contribution in [0.2, 0.25) is 0 Å². The Bertz CT molecular complexity index is 906. The SMILES string of the molecule is CCCCCCCCc1ccc(OCc2ccc(-c3ccc(CC(C)CC)cc3)cc2)cc1. The van der Waals surface area contributed by atoms with Gasteiger partial charge >= 0.3 is 0 Å². The third-order valence-corrected chi connectivity index (χ3v) is 6.67. The molecule has 33 heavy (non-hydrogen) atoms. The molecule has 0 aliphatic carbocycles. The summed E-state index contributed by atoms with van der Waals surface area (Å²) >= 11 is 0. The van der Waals surface area contributed by atoms with Crippen LogP contribution in [-0.2, 0) is 19.4 Å². The standard InChI is InChI=1S/C32H42O/c1-4-6-7-8-9-10-11-27-16-22-32(23-17-27)33-25-29-14-20-31(21-15-29)30-18-12-28(13-19-30)24-26(3)5-2/h12-23,26H,4-11,24-25H2,1-3H3. The van der Waals surface area contributed by atoms with E-state index in [0.29, 0.717) is 6.61 Å². The van der Waals surface area contributed by atoms with Gasteiger partial charge in [0.05, 0.1) is 0 Å². The minimum atomic E-state index is 0.602. The highest BCUT2D eigenvalue weighted by Crippen LogP contribution is 2.23. The van der Waals surface area contributed by atoms with Crippen LogP contribution in [0, 0.1) is 5.92 Å². The molecule has 1 heteroatoms. The summed E-state index contributed by atoms with van der Waals surface area (Å²) in [7, 11) is 0. The van der Waals surface area contributed by atoms with Crippen LogP contribution in [0.25, 0.3) is 11.1 Å². The Hall–Kier alpha value is -2.54. The fourth-order valence-electron chi connectivity index (χ4n) is 4.20. The van der Waals surface area contributed by atoms with Gasteiger partial charge in [0.15, 0.2) is 0 Å². The molecule has 1 nitrogen and oxygen atoms in total. The van der Waals surface area contributed by atoms with Crippen molar-refractivity contribution in [1.29, 1.82) is 0 Å². The maximum Gasteiger partial charge on any atom is 0.119 e. The van der Waals surface area contributed by atoms with Gasteiger partial charge in [-0.25, -0.2) is 0 Å². The average Bonchev–Trinajstić information content (AvgIpc) is 2.86. The topological polar surface area (TPSA) is 9.23 Å². The van der Waals surface area contributed by atoms with Gasteiger partial charge in [0.2, 0.25) is 0 Å². The molecule has 0 aliphatic heterocycles. The second-order valence-electron chi connectivity index (χ2n) is 9.56. The third-order valence-electron chi connectivity index (χ3n) is 6.67. The molecule has 176 valence electrons. The van der Waals surface area contributed by atoms with Crippen LogP contribution >= 0.6 is 0 Å². The van der Waals surface area contributed by atoms with E-state index < -0.39 is 0 Å². The van der Waals surface area contributed by atoms with Crippen molar-refractivity contribution in [2.75, 3.05) is 0 Å². The van der Waals surface area contributed by atoms with Crippen molar-refractivity contribution in [2.24, 2.45) is 5.92 Å². The number of hydrogen-bond acceptors (Lipinski definition) is 1. The highest BCUT2D eigenvalue weighted by molar-refractivity contribution is 5.64. The molecule has 3 rings (SSSR count). The molecule has 1 unspecified atom stereocenters. The Labute approximate surface area is 202 Å². The third kappa shape index (κ3) is 8.72. The molecule has 0 bridgehead atoms. The molecule has 0 N–H and O–H groups in total. The number of aryl methyl sites for hydroxylation is 1. The predicted molar refractivity (Wildman–Crippen MR) is 143 cm³/mol. The van der Waals surface area contributed by atoms with Gasteiger partial charge in [0.1, 0.15) is 12.4 Å². The number of ether oxygens (including phenoxy) is 1. The Morgan fingerprint density at radius 2 is 1.15 bits per heavy atom. The zero-order chi connectivity index (χ0) is 23.3. The monoisotopic (exact) mass is 442 g/mol. The van der Waals surface area contributed by atoms with Crippen molar-refractivity contribution < 1.29 is 4.74 Å². The molecule has 0 radical (unpaired) electrons. The molecule has 0 saturated carbocycles. The van der Waals surface area contributed by atoms with E-state index in [0.717, 1.165) is 18.1 Å². The Kier molecular flexibility index (Phi) is 10.6. The maximum absolute atomic E-state index is 6.03. The minimum absolute atomic E-state index is 0.602. The summed E-state index contributed by atoms with van der Waals surface area (Å²) < 4.78 is 6.03. The van der Waals surface area contributed by atoms with E-state index in [1.54, 1.807) is 0 Å². The summed E-state index contributed by atoms with van der Waals surface area (Å²) in [5, 5.41) is 0. The lowest BCUT2D eigenvalue weighted by molar-refractivity contribution is 0.306. The normalized spacial score (nSPS) is 12.0. The zero-order valence-corrected chi connectivity index (χ0v) is 21.0. The molecule has 0 amide bonds. The molecule has 0 saturated heterocycles. The largest absolute Gasteiger partial charge is 0.489 e. The van der Waals surface area contributed by atoms with Crippen molar-refractivity contribution in [3.63, 3.8) is 0 Å². The van der Waals surface area contributed by atoms with Gasteiger partial charge in [0, 0.05) is 0 Å². The van der Waals surface area contributed by atoms with E-state index in [4.69, 9.17) is 4.74 Å². The van der Waals surface area contributed by atoms with Crippen molar-refractivity contribution in [3.05, 3.63) is 89.5 Å². The summed E-state index contributed by atoms with van der Waals surface area (Å²) in [5.74, 6) is 1.69. The lowest BCUT2D eigenvalue weighted by Gasteiger charge is -2.10. The van der Waals surface area contributed by atoms with Gasteiger partial charge in [0.25, 0.3) is 0 Å². The molecule has 0 aromatic heterocycles. The highest BCUT2D eigenvalue weighted by Gasteiger charge is 2.04. The Balaban J connectivity index is 1.43. The first kappa shape index (κ1) is 25.1. The second-order valence-corrected chi connectivity index (χ2v) is 9.56. The lowest BCUT2D eigenvalue weighted by atomic mass is 9.96. The summed E-state index contributed by atoms with van der Waals surface area (Å²) in [6, 6.07) is 26.5. The van der Waals surface area contributed by atoms with Gasteiger partial charge in [-0.05, 0) is 65.1 Å². The van der Waals surface area contributed by atoms with Crippen molar-refractivity contribution in [3.8, 4) is 16.9 Å². The minimum Gasteiger partial charge on any atom is -0.489 e. The number of hydrogen-bond donors (Lipinski definition) is 0. The first-order valence-electron chi connectivity index (χ1n) is 13.1. The number of benzene rings is 3. The maximum atomic E-state index is 6.03. The quantitative estimate of drug-likeness (QED) is 0.226. The molecule has 0 fully saturated rings. The van der Waals surface area contributed by atoms with Crippen LogP contribution in [0.4, 0.5) is 0 Å². The molecule has 0 heterocycles. The van der Waals surface area contributed by atoms with Gasteiger partial charge in [-0.3, -0.25) is 0 Å². The van der Waals surface area contributed by atoms with Crippen molar-refractivity contribution >= 4 is 0 Å². The van der Waals surface area contributed by atoms with E-state index in [1.807, 2.05) is 0 Å². The molecule has 3 aromatic rings. The van der Waals surface area contributed by atoms with E-state index in [1.165, 1.54) is 79.2 Å². The average molecular weight is 443 g/mol. The number of unbranched alkanes of at least 4 members (excludes halogenated alkanes) is 5. The van der Waals surface area contributed by atoms with Crippen molar-refractivity contribution in [2.45, 2.75) is 85.2 Å². The van der Waals surface area contributed by atoms with Crippen LogP contribution in [0.3, 0.4) is 0 Å². The molecule has 0 aliphatic rings. The van der Waals surface area contributed by atoms with Gasteiger partial charge in [-0.15, -0.1) is 0 Å². The summed E-state index contributed by atoms with van der Waals surface area (Å²) in [6.07, 6.45) is 11.6. The van der Waals surface area contributed by atoms with Crippen LogP contribution in [0.5, 0.6) is 5.75 Å². The van der Waals surface area contributed by atoms with Crippen LogP contribution < -0.4 is 4.74 Å². The lowest BCUT2D eigenvalue weighted by Crippen LogP contribution is -1.97. The van der Waals surface area contributed by atoms with Gasteiger partial charge in [-0.2, -0.15) is 0 Å². The zero-order valence-electron chi connectivity index (χ0n) is 21.0. The fourth-order valence-corrected chi connectivity index (χ4v) is 4.20.